The number of amides is 2. The maximum atomic E-state index is 12.7. The van der Waals surface area contributed by atoms with E-state index in [0.717, 1.165) is 0 Å². The number of nitrogens with one attached hydrogen (secondary N) is 1. The fourth-order valence-electron chi connectivity index (χ4n) is 3.16. The minimum absolute atomic E-state index is 0.0891. The summed E-state index contributed by atoms with van der Waals surface area (Å²) in [5.74, 6) is 3.82. The van der Waals surface area contributed by atoms with Crippen molar-refractivity contribution in [2.45, 2.75) is 18.6 Å². The molecule has 1 aliphatic rings. The van der Waals surface area contributed by atoms with Gasteiger partial charge in [-0.3, -0.25) is 9.59 Å². The average Bonchev–Trinajstić information content (AvgIpc) is 3.30. The van der Waals surface area contributed by atoms with Crippen LogP contribution in [0.5, 0.6) is 0 Å². The van der Waals surface area contributed by atoms with E-state index in [9.17, 15) is 19.8 Å². The number of nitriles is 1. The number of halogens is 1. The molecule has 2 atom stereocenters. The quantitative estimate of drug-likeness (QED) is 0.601. The van der Waals surface area contributed by atoms with Gasteiger partial charge in [0.05, 0.1) is 18.2 Å². The van der Waals surface area contributed by atoms with Gasteiger partial charge in [-0.2, -0.15) is 5.26 Å². The first-order chi connectivity index (χ1) is 15.4. The van der Waals surface area contributed by atoms with Gasteiger partial charge in [-0.15, -0.1) is 0 Å². The van der Waals surface area contributed by atoms with Crippen LogP contribution >= 0.6 is 11.6 Å². The lowest BCUT2D eigenvalue weighted by molar-refractivity contribution is -0.150. The number of hydrogen-bond donors (Lipinski definition) is 3. The highest BCUT2D eigenvalue weighted by Crippen LogP contribution is 2.28. The predicted octanol–water partition coefficient (Wildman–Crippen LogP) is 1.67. The molecule has 7 nitrogen and oxygen atoms in total. The van der Waals surface area contributed by atoms with Crippen LogP contribution in [0.15, 0.2) is 54.6 Å². The Labute approximate surface area is 190 Å². The Bertz CT molecular complexity index is 1140. The highest BCUT2D eigenvalue weighted by Gasteiger charge is 2.35. The molecule has 0 aromatic heterocycles. The minimum Gasteiger partial charge on any atom is -0.380 e. The second-order valence-electron chi connectivity index (χ2n) is 6.98. The SMILES string of the molecule is N#Cc1ccc(C#CCNC(=O)[C@H](O)[C@@H](O)C(=O)N2CCC=C2c2cccc(Cl)c2)cc1. The summed E-state index contributed by atoms with van der Waals surface area (Å²) in [5.41, 5.74) is 2.44. The number of carbonyl (C=O) groups is 2. The molecular formula is C24H20ClN3O4. The summed E-state index contributed by atoms with van der Waals surface area (Å²) in [5, 5.41) is 32.1. The van der Waals surface area contributed by atoms with Crippen molar-refractivity contribution in [3.8, 4) is 17.9 Å². The summed E-state index contributed by atoms with van der Waals surface area (Å²) < 4.78 is 0. The zero-order chi connectivity index (χ0) is 23.1. The zero-order valence-electron chi connectivity index (χ0n) is 17.0. The molecule has 0 bridgehead atoms. The maximum Gasteiger partial charge on any atom is 0.259 e. The Balaban J connectivity index is 1.57. The van der Waals surface area contributed by atoms with E-state index >= 15 is 0 Å². The molecule has 1 heterocycles. The van der Waals surface area contributed by atoms with Crippen LogP contribution in [0.4, 0.5) is 0 Å². The molecule has 3 N–H and O–H groups in total. The van der Waals surface area contributed by atoms with E-state index in [1.54, 1.807) is 48.5 Å². The summed E-state index contributed by atoms with van der Waals surface area (Å²) in [7, 11) is 0. The average molecular weight is 450 g/mol. The van der Waals surface area contributed by atoms with Gasteiger partial charge in [-0.25, -0.2) is 0 Å². The summed E-state index contributed by atoms with van der Waals surface area (Å²) in [6.45, 7) is 0.232. The number of carbonyl (C=O) groups excluding carboxylic acids is 2. The van der Waals surface area contributed by atoms with Gasteiger partial charge in [0.25, 0.3) is 11.8 Å². The molecule has 0 saturated heterocycles. The summed E-state index contributed by atoms with van der Waals surface area (Å²) in [4.78, 5) is 26.2. The van der Waals surface area contributed by atoms with Crippen molar-refractivity contribution in [1.82, 2.24) is 10.2 Å². The van der Waals surface area contributed by atoms with E-state index in [1.807, 2.05) is 12.1 Å². The molecule has 8 heteroatoms. The van der Waals surface area contributed by atoms with Crippen molar-refractivity contribution in [2.24, 2.45) is 0 Å². The Morgan fingerprint density at radius 1 is 1.12 bits per heavy atom. The third-order valence-corrected chi connectivity index (χ3v) is 5.02. The first-order valence-electron chi connectivity index (χ1n) is 9.81. The van der Waals surface area contributed by atoms with E-state index < -0.39 is 24.0 Å². The molecule has 0 aliphatic carbocycles. The molecule has 0 fully saturated rings. The number of hydrogen-bond acceptors (Lipinski definition) is 5. The number of benzene rings is 2. The monoisotopic (exact) mass is 449 g/mol. The summed E-state index contributed by atoms with van der Waals surface area (Å²) in [6.07, 6.45) is -1.46. The van der Waals surface area contributed by atoms with Gasteiger partial charge >= 0.3 is 0 Å². The molecule has 2 amide bonds. The second kappa shape index (κ2) is 10.6. The van der Waals surface area contributed by atoms with Crippen LogP contribution in [-0.4, -0.2) is 52.2 Å². The fraction of sp³-hybridized carbons (Fsp3) is 0.208. The molecule has 0 radical (unpaired) electrons. The molecule has 1 aliphatic heterocycles. The smallest absolute Gasteiger partial charge is 0.259 e. The van der Waals surface area contributed by atoms with E-state index in [-0.39, 0.29) is 6.54 Å². The second-order valence-corrected chi connectivity index (χ2v) is 7.41. The maximum absolute atomic E-state index is 12.7. The summed E-state index contributed by atoms with van der Waals surface area (Å²) in [6, 6.07) is 15.5. The molecule has 162 valence electrons. The minimum atomic E-state index is -1.94. The number of aliphatic hydroxyl groups is 2. The number of rotatable bonds is 5. The standard InChI is InChI=1S/C24H20ClN3O4/c25-19-6-1-5-18(14-19)20-7-3-13-28(20)24(32)22(30)21(29)23(31)27-12-2-4-16-8-10-17(15-26)11-9-16/h1,5-11,14,21-22,29-30H,3,12-13H2,(H,27,31)/t21-,22-/m1/s1. The molecule has 2 aromatic carbocycles. The lowest BCUT2D eigenvalue weighted by atomic mass is 10.1. The van der Waals surface area contributed by atoms with Crippen molar-refractivity contribution < 1.29 is 19.8 Å². The van der Waals surface area contributed by atoms with Crippen LogP contribution < -0.4 is 5.32 Å². The van der Waals surface area contributed by atoms with E-state index in [4.69, 9.17) is 16.9 Å². The Hall–Kier alpha value is -3.62. The highest BCUT2D eigenvalue weighted by molar-refractivity contribution is 6.30. The van der Waals surface area contributed by atoms with Crippen molar-refractivity contribution >= 4 is 29.1 Å². The van der Waals surface area contributed by atoms with Crippen LogP contribution in [-0.2, 0) is 9.59 Å². The van der Waals surface area contributed by atoms with Crippen LogP contribution in [0.1, 0.15) is 23.1 Å². The predicted molar refractivity (Wildman–Crippen MR) is 119 cm³/mol. The van der Waals surface area contributed by atoms with E-state index in [2.05, 4.69) is 17.2 Å². The van der Waals surface area contributed by atoms with Crippen LogP contribution in [0, 0.1) is 23.2 Å². The Morgan fingerprint density at radius 3 is 2.53 bits per heavy atom. The van der Waals surface area contributed by atoms with Gasteiger partial charge in [-0.05, 0) is 48.4 Å². The molecular weight excluding hydrogens is 430 g/mol. The Kier molecular flexibility index (Phi) is 7.64. The fourth-order valence-corrected chi connectivity index (χ4v) is 3.35. The third kappa shape index (κ3) is 5.54. The van der Waals surface area contributed by atoms with Crippen molar-refractivity contribution in [2.75, 3.05) is 13.1 Å². The van der Waals surface area contributed by atoms with Gasteiger partial charge in [0.15, 0.2) is 12.2 Å². The van der Waals surface area contributed by atoms with E-state index in [1.165, 1.54) is 4.90 Å². The molecule has 32 heavy (non-hydrogen) atoms. The van der Waals surface area contributed by atoms with Gasteiger partial charge in [0.1, 0.15) is 0 Å². The first kappa shape index (κ1) is 23.1. The third-order valence-electron chi connectivity index (χ3n) is 4.79. The van der Waals surface area contributed by atoms with Gasteiger partial charge in [0.2, 0.25) is 0 Å². The molecule has 2 aromatic rings. The van der Waals surface area contributed by atoms with Gasteiger partial charge in [0, 0.05) is 22.8 Å². The first-order valence-corrected chi connectivity index (χ1v) is 10.2. The van der Waals surface area contributed by atoms with Crippen molar-refractivity contribution in [1.29, 1.82) is 5.26 Å². The normalized spacial score (nSPS) is 14.4. The molecule has 0 unspecified atom stereocenters. The largest absolute Gasteiger partial charge is 0.380 e. The van der Waals surface area contributed by atoms with E-state index in [0.29, 0.717) is 40.4 Å². The highest BCUT2D eigenvalue weighted by atomic mass is 35.5. The van der Waals surface area contributed by atoms with Crippen LogP contribution in [0.3, 0.4) is 0 Å². The lowest BCUT2D eigenvalue weighted by Gasteiger charge is -2.25. The summed E-state index contributed by atoms with van der Waals surface area (Å²) >= 11 is 6.02. The zero-order valence-corrected chi connectivity index (χ0v) is 17.7. The lowest BCUT2D eigenvalue weighted by Crippen LogP contribution is -2.50. The van der Waals surface area contributed by atoms with Crippen molar-refractivity contribution in [3.05, 3.63) is 76.3 Å². The van der Waals surface area contributed by atoms with Crippen molar-refractivity contribution in [3.63, 3.8) is 0 Å². The van der Waals surface area contributed by atoms with Gasteiger partial charge < -0.3 is 20.4 Å². The van der Waals surface area contributed by atoms with Gasteiger partial charge in [-0.1, -0.05) is 41.7 Å². The Morgan fingerprint density at radius 2 is 1.84 bits per heavy atom. The van der Waals surface area contributed by atoms with Crippen LogP contribution in [0.2, 0.25) is 5.02 Å². The molecule has 3 rings (SSSR count). The number of nitrogens with zero attached hydrogens (tertiary/aromatic N) is 2. The molecule has 0 spiro atoms. The van der Waals surface area contributed by atoms with Crippen LogP contribution in [0.25, 0.3) is 5.70 Å². The molecule has 0 saturated carbocycles. The topological polar surface area (TPSA) is 114 Å². The number of aliphatic hydroxyl groups excluding tert-OH is 2.